The summed E-state index contributed by atoms with van der Waals surface area (Å²) in [6.07, 6.45) is 3.24. The summed E-state index contributed by atoms with van der Waals surface area (Å²) in [4.78, 5) is 18.3. The second-order valence-electron chi connectivity index (χ2n) is 6.81. The number of nitrogens with zero attached hydrogens (tertiary/aromatic N) is 2. The molecule has 1 fully saturated rings. The number of piperidine rings is 1. The van der Waals surface area contributed by atoms with Gasteiger partial charge in [-0.05, 0) is 69.1 Å². The van der Waals surface area contributed by atoms with E-state index in [9.17, 15) is 9.90 Å². The van der Waals surface area contributed by atoms with Crippen LogP contribution in [0.4, 0.5) is 0 Å². The minimum atomic E-state index is -0.685. The van der Waals surface area contributed by atoms with Gasteiger partial charge in [-0.2, -0.15) is 0 Å². The maximum atomic E-state index is 11.3. The number of likely N-dealkylation sites (tertiary alicyclic amines) is 1. The van der Waals surface area contributed by atoms with E-state index in [-0.39, 0.29) is 12.0 Å². The first-order valence-electron chi connectivity index (χ1n) is 9.20. The fraction of sp³-hybridized carbons (Fsp3) is 0.429. The molecule has 3 rings (SSSR count). The second kappa shape index (κ2) is 8.32. The maximum absolute atomic E-state index is 11.3. The first-order chi connectivity index (χ1) is 12.6. The van der Waals surface area contributed by atoms with E-state index in [2.05, 4.69) is 34.1 Å². The third-order valence-electron chi connectivity index (χ3n) is 4.97. The van der Waals surface area contributed by atoms with Gasteiger partial charge in [-0.1, -0.05) is 18.2 Å². The average molecular weight is 354 g/mol. The number of benzene rings is 1. The quantitative estimate of drug-likeness (QED) is 0.857. The molecule has 0 bridgehead atoms. The number of hydrogen-bond acceptors (Lipinski definition) is 4. The van der Waals surface area contributed by atoms with E-state index in [1.807, 2.05) is 32.2 Å². The Morgan fingerprint density at radius 2 is 1.92 bits per heavy atom. The Bertz CT molecular complexity index is 720. The Balaban J connectivity index is 1.87. The number of aliphatic carboxylic acids is 1. The van der Waals surface area contributed by atoms with Crippen LogP contribution in [0.5, 0.6) is 5.75 Å². The van der Waals surface area contributed by atoms with Crippen molar-refractivity contribution in [1.82, 2.24) is 9.88 Å². The minimum absolute atomic E-state index is 0.0287. The van der Waals surface area contributed by atoms with Gasteiger partial charge in [-0.3, -0.25) is 14.7 Å². The van der Waals surface area contributed by atoms with E-state index in [0.29, 0.717) is 19.4 Å². The molecule has 1 aliphatic heterocycles. The highest BCUT2D eigenvalue weighted by molar-refractivity contribution is 5.70. The van der Waals surface area contributed by atoms with Crippen LogP contribution in [0.3, 0.4) is 0 Å². The molecular formula is C21H26N2O3. The lowest BCUT2D eigenvalue weighted by molar-refractivity contribution is -0.143. The Hall–Kier alpha value is -2.40. The van der Waals surface area contributed by atoms with E-state index >= 15 is 0 Å². The van der Waals surface area contributed by atoms with Gasteiger partial charge in [0.05, 0.1) is 24.3 Å². The highest BCUT2D eigenvalue weighted by atomic mass is 16.5. The number of ether oxygens (including phenoxy) is 1. The van der Waals surface area contributed by atoms with Crippen LogP contribution in [-0.2, 0) is 4.79 Å². The molecule has 0 amide bonds. The number of carboxylic acid groups (broad SMARTS) is 1. The molecule has 2 heterocycles. The van der Waals surface area contributed by atoms with Crippen LogP contribution in [0, 0.1) is 12.8 Å². The zero-order valence-electron chi connectivity index (χ0n) is 15.4. The van der Waals surface area contributed by atoms with E-state index in [1.54, 1.807) is 0 Å². The number of carbonyl (C=O) groups is 1. The van der Waals surface area contributed by atoms with E-state index < -0.39 is 5.97 Å². The minimum Gasteiger partial charge on any atom is -0.494 e. The molecule has 1 atom stereocenters. The van der Waals surface area contributed by atoms with Crippen molar-refractivity contribution in [3.63, 3.8) is 0 Å². The number of carboxylic acids is 1. The largest absolute Gasteiger partial charge is 0.494 e. The molecule has 5 heteroatoms. The third kappa shape index (κ3) is 4.22. The smallest absolute Gasteiger partial charge is 0.306 e. The van der Waals surface area contributed by atoms with Gasteiger partial charge in [0.1, 0.15) is 5.75 Å². The van der Waals surface area contributed by atoms with Crippen LogP contribution in [0.1, 0.15) is 42.6 Å². The van der Waals surface area contributed by atoms with Gasteiger partial charge in [-0.15, -0.1) is 0 Å². The van der Waals surface area contributed by atoms with Gasteiger partial charge in [-0.25, -0.2) is 0 Å². The summed E-state index contributed by atoms with van der Waals surface area (Å²) < 4.78 is 5.55. The summed E-state index contributed by atoms with van der Waals surface area (Å²) in [6, 6.07) is 12.3. The summed E-state index contributed by atoms with van der Waals surface area (Å²) in [5, 5.41) is 9.26. The summed E-state index contributed by atoms with van der Waals surface area (Å²) in [5.41, 5.74) is 3.27. The molecular weight excluding hydrogens is 328 g/mol. The number of aryl methyl sites for hydroxylation is 1. The van der Waals surface area contributed by atoms with Gasteiger partial charge in [0.2, 0.25) is 0 Å². The molecule has 0 aliphatic carbocycles. The molecule has 1 aromatic heterocycles. The molecule has 1 aromatic carbocycles. The number of rotatable bonds is 6. The molecule has 5 nitrogen and oxygen atoms in total. The van der Waals surface area contributed by atoms with Gasteiger partial charge >= 0.3 is 5.97 Å². The fourth-order valence-corrected chi connectivity index (χ4v) is 3.53. The standard InChI is InChI=1S/C21H26N2O3/c1-3-26-18-7-5-16(6-8-18)20(19-9-4-15(2)14-22-19)23-12-10-17(11-13-23)21(24)25/h4-9,14,17,20H,3,10-13H2,1-2H3,(H,24,25). The lowest BCUT2D eigenvalue weighted by Crippen LogP contribution is -2.39. The van der Waals surface area contributed by atoms with Crippen molar-refractivity contribution in [1.29, 1.82) is 0 Å². The Labute approximate surface area is 154 Å². The lowest BCUT2D eigenvalue weighted by Gasteiger charge is -2.36. The first-order valence-corrected chi connectivity index (χ1v) is 9.20. The van der Waals surface area contributed by atoms with Gasteiger partial charge < -0.3 is 9.84 Å². The number of hydrogen-bond donors (Lipinski definition) is 1. The summed E-state index contributed by atoms with van der Waals surface area (Å²) >= 11 is 0. The van der Waals surface area contributed by atoms with Crippen molar-refractivity contribution in [2.75, 3.05) is 19.7 Å². The zero-order chi connectivity index (χ0) is 18.5. The fourth-order valence-electron chi connectivity index (χ4n) is 3.53. The van der Waals surface area contributed by atoms with E-state index in [4.69, 9.17) is 4.74 Å². The van der Waals surface area contributed by atoms with Crippen molar-refractivity contribution >= 4 is 5.97 Å². The third-order valence-corrected chi connectivity index (χ3v) is 4.97. The Kier molecular flexibility index (Phi) is 5.89. The van der Waals surface area contributed by atoms with Crippen LogP contribution in [0.25, 0.3) is 0 Å². The first kappa shape index (κ1) is 18.4. The van der Waals surface area contributed by atoms with Crippen LogP contribution >= 0.6 is 0 Å². The van der Waals surface area contributed by atoms with E-state index in [0.717, 1.165) is 35.7 Å². The number of pyridine rings is 1. The lowest BCUT2D eigenvalue weighted by atomic mass is 9.93. The molecule has 2 aromatic rings. The molecule has 1 unspecified atom stereocenters. The Morgan fingerprint density at radius 3 is 2.46 bits per heavy atom. The molecule has 1 saturated heterocycles. The Morgan fingerprint density at radius 1 is 1.23 bits per heavy atom. The maximum Gasteiger partial charge on any atom is 0.306 e. The van der Waals surface area contributed by atoms with Crippen molar-refractivity contribution in [3.05, 3.63) is 59.4 Å². The summed E-state index contributed by atoms with van der Waals surface area (Å²) in [6.45, 7) is 6.15. The van der Waals surface area contributed by atoms with Crippen LogP contribution in [0.2, 0.25) is 0 Å². The zero-order valence-corrected chi connectivity index (χ0v) is 15.4. The predicted octanol–water partition coefficient (Wildman–Crippen LogP) is 3.67. The number of aromatic nitrogens is 1. The van der Waals surface area contributed by atoms with Gasteiger partial charge in [0.15, 0.2) is 0 Å². The van der Waals surface area contributed by atoms with Crippen LogP contribution in [-0.4, -0.2) is 40.7 Å². The van der Waals surface area contributed by atoms with E-state index in [1.165, 1.54) is 0 Å². The molecule has 1 N–H and O–H groups in total. The topological polar surface area (TPSA) is 62.7 Å². The summed E-state index contributed by atoms with van der Waals surface area (Å²) in [5.74, 6) is -0.0645. The SMILES string of the molecule is CCOc1ccc(C(c2ccc(C)cn2)N2CCC(C(=O)O)CC2)cc1. The normalized spacial score (nSPS) is 17.0. The van der Waals surface area contributed by atoms with Crippen molar-refractivity contribution in [2.45, 2.75) is 32.7 Å². The molecule has 26 heavy (non-hydrogen) atoms. The molecule has 1 aliphatic rings. The predicted molar refractivity (Wildman–Crippen MR) is 100 cm³/mol. The molecule has 0 spiro atoms. The average Bonchev–Trinajstić information content (AvgIpc) is 2.65. The molecule has 0 saturated carbocycles. The van der Waals surface area contributed by atoms with Crippen molar-refractivity contribution < 1.29 is 14.6 Å². The van der Waals surface area contributed by atoms with Gasteiger partial charge in [0, 0.05) is 6.20 Å². The highest BCUT2D eigenvalue weighted by Crippen LogP contribution is 2.32. The van der Waals surface area contributed by atoms with Crippen LogP contribution in [0.15, 0.2) is 42.6 Å². The van der Waals surface area contributed by atoms with Crippen molar-refractivity contribution in [3.8, 4) is 5.75 Å². The monoisotopic (exact) mass is 354 g/mol. The second-order valence-corrected chi connectivity index (χ2v) is 6.81. The van der Waals surface area contributed by atoms with Gasteiger partial charge in [0.25, 0.3) is 0 Å². The van der Waals surface area contributed by atoms with Crippen molar-refractivity contribution in [2.24, 2.45) is 5.92 Å². The molecule has 0 radical (unpaired) electrons. The molecule has 138 valence electrons. The van der Waals surface area contributed by atoms with Crippen LogP contribution < -0.4 is 4.74 Å². The summed E-state index contributed by atoms with van der Waals surface area (Å²) in [7, 11) is 0. The highest BCUT2D eigenvalue weighted by Gasteiger charge is 2.30.